The van der Waals surface area contributed by atoms with Gasteiger partial charge in [0.25, 0.3) is 5.91 Å². The summed E-state index contributed by atoms with van der Waals surface area (Å²) in [6.45, 7) is 0.262. The van der Waals surface area contributed by atoms with E-state index in [1.54, 1.807) is 18.2 Å². The average Bonchev–Trinajstić information content (AvgIpc) is 2.77. The molecular formula is C13H17ClN2O2. The Balaban J connectivity index is 2.01. The summed E-state index contributed by atoms with van der Waals surface area (Å²) < 4.78 is 0. The van der Waals surface area contributed by atoms with E-state index in [2.05, 4.69) is 5.32 Å². The van der Waals surface area contributed by atoms with Crippen LogP contribution in [-0.4, -0.2) is 23.2 Å². The highest BCUT2D eigenvalue weighted by molar-refractivity contribution is 6.33. The van der Waals surface area contributed by atoms with Crippen LogP contribution in [0.1, 0.15) is 36.0 Å². The fourth-order valence-electron chi connectivity index (χ4n) is 2.28. The number of carbonyl (C=O) groups is 1. The highest BCUT2D eigenvalue weighted by Gasteiger charge is 2.31. The van der Waals surface area contributed by atoms with Gasteiger partial charge in [0, 0.05) is 6.54 Å². The Morgan fingerprint density at radius 1 is 1.44 bits per heavy atom. The van der Waals surface area contributed by atoms with E-state index < -0.39 is 5.60 Å². The summed E-state index contributed by atoms with van der Waals surface area (Å²) >= 11 is 5.86. The normalized spacial score (nSPS) is 17.7. The number of halogens is 1. The minimum Gasteiger partial charge on any atom is -0.397 e. The minimum atomic E-state index is -0.761. The van der Waals surface area contributed by atoms with Crippen molar-refractivity contribution >= 4 is 23.2 Å². The fourth-order valence-corrected chi connectivity index (χ4v) is 2.46. The molecule has 0 saturated heterocycles. The number of hydrogen-bond acceptors (Lipinski definition) is 3. The highest BCUT2D eigenvalue weighted by Crippen LogP contribution is 2.29. The number of hydrogen-bond donors (Lipinski definition) is 3. The SMILES string of the molecule is Nc1c(Cl)cccc1C(=O)NCC1(O)CCCC1. The maximum Gasteiger partial charge on any atom is 0.253 e. The predicted octanol–water partition coefficient (Wildman–Crippen LogP) is 1.96. The van der Waals surface area contributed by atoms with E-state index in [-0.39, 0.29) is 18.1 Å². The van der Waals surface area contributed by atoms with Gasteiger partial charge in [0.2, 0.25) is 0 Å². The van der Waals surface area contributed by atoms with Crippen LogP contribution in [-0.2, 0) is 0 Å². The second-order valence-electron chi connectivity index (χ2n) is 4.82. The van der Waals surface area contributed by atoms with Crippen molar-refractivity contribution in [2.45, 2.75) is 31.3 Å². The molecule has 4 N–H and O–H groups in total. The molecule has 1 fully saturated rings. The first-order chi connectivity index (χ1) is 8.52. The lowest BCUT2D eigenvalue weighted by atomic mass is 10.0. The van der Waals surface area contributed by atoms with Crippen LogP contribution in [0.3, 0.4) is 0 Å². The lowest BCUT2D eigenvalue weighted by Gasteiger charge is -2.22. The third-order valence-corrected chi connectivity index (χ3v) is 3.74. The maximum absolute atomic E-state index is 12.0. The Bertz CT molecular complexity index is 456. The number of benzene rings is 1. The van der Waals surface area contributed by atoms with Gasteiger partial charge >= 0.3 is 0 Å². The Labute approximate surface area is 111 Å². The Morgan fingerprint density at radius 3 is 2.78 bits per heavy atom. The molecule has 0 bridgehead atoms. The van der Waals surface area contributed by atoms with Gasteiger partial charge in [0.15, 0.2) is 0 Å². The molecule has 0 spiro atoms. The Kier molecular flexibility index (Phi) is 3.78. The second-order valence-corrected chi connectivity index (χ2v) is 5.22. The molecule has 4 nitrogen and oxygen atoms in total. The number of para-hydroxylation sites is 1. The van der Waals surface area contributed by atoms with Crippen LogP contribution < -0.4 is 11.1 Å². The number of nitrogens with two attached hydrogens (primary N) is 1. The van der Waals surface area contributed by atoms with E-state index in [1.165, 1.54) is 0 Å². The minimum absolute atomic E-state index is 0.262. The molecule has 1 aliphatic rings. The van der Waals surface area contributed by atoms with Crippen molar-refractivity contribution in [3.05, 3.63) is 28.8 Å². The molecule has 1 aliphatic carbocycles. The van der Waals surface area contributed by atoms with Crippen LogP contribution in [0, 0.1) is 0 Å². The number of aliphatic hydroxyl groups is 1. The van der Waals surface area contributed by atoms with Gasteiger partial charge in [-0.1, -0.05) is 30.5 Å². The third-order valence-electron chi connectivity index (χ3n) is 3.41. The number of anilines is 1. The molecule has 1 aromatic carbocycles. The number of carbonyl (C=O) groups excluding carboxylic acids is 1. The largest absolute Gasteiger partial charge is 0.397 e. The van der Waals surface area contributed by atoms with Crippen molar-refractivity contribution in [1.29, 1.82) is 0 Å². The zero-order valence-corrected chi connectivity index (χ0v) is 10.8. The van der Waals surface area contributed by atoms with Crippen LogP contribution in [0.2, 0.25) is 5.02 Å². The van der Waals surface area contributed by atoms with E-state index in [4.69, 9.17) is 17.3 Å². The molecule has 1 amide bonds. The van der Waals surface area contributed by atoms with Crippen molar-refractivity contribution in [3.8, 4) is 0 Å². The smallest absolute Gasteiger partial charge is 0.253 e. The number of rotatable bonds is 3. The summed E-state index contributed by atoms with van der Waals surface area (Å²) in [5, 5.41) is 13.2. The topological polar surface area (TPSA) is 75.4 Å². The number of nitrogen functional groups attached to an aromatic ring is 1. The van der Waals surface area contributed by atoms with E-state index in [9.17, 15) is 9.90 Å². The third kappa shape index (κ3) is 2.76. The van der Waals surface area contributed by atoms with Gasteiger partial charge in [0.05, 0.1) is 21.9 Å². The van der Waals surface area contributed by atoms with Gasteiger partial charge in [-0.3, -0.25) is 4.79 Å². The molecular weight excluding hydrogens is 252 g/mol. The molecule has 18 heavy (non-hydrogen) atoms. The molecule has 0 heterocycles. The maximum atomic E-state index is 12.0. The summed E-state index contributed by atoms with van der Waals surface area (Å²) in [4.78, 5) is 12.0. The summed E-state index contributed by atoms with van der Waals surface area (Å²) in [6, 6.07) is 4.94. The van der Waals surface area contributed by atoms with E-state index >= 15 is 0 Å². The molecule has 0 atom stereocenters. The molecule has 0 aliphatic heterocycles. The number of amides is 1. The first-order valence-corrected chi connectivity index (χ1v) is 6.44. The summed E-state index contributed by atoms with van der Waals surface area (Å²) in [5.41, 5.74) is 5.61. The quantitative estimate of drug-likeness (QED) is 0.734. The van der Waals surface area contributed by atoms with Crippen molar-refractivity contribution in [3.63, 3.8) is 0 Å². The molecule has 0 aromatic heterocycles. The lowest BCUT2D eigenvalue weighted by molar-refractivity contribution is 0.0450. The van der Waals surface area contributed by atoms with E-state index in [0.717, 1.165) is 25.7 Å². The lowest BCUT2D eigenvalue weighted by Crippen LogP contribution is -2.40. The molecule has 0 unspecified atom stereocenters. The van der Waals surface area contributed by atoms with Crippen LogP contribution in [0.5, 0.6) is 0 Å². The fraction of sp³-hybridized carbons (Fsp3) is 0.462. The van der Waals surface area contributed by atoms with E-state index in [1.807, 2.05) is 0 Å². The van der Waals surface area contributed by atoms with Crippen LogP contribution in [0.15, 0.2) is 18.2 Å². The van der Waals surface area contributed by atoms with Gasteiger partial charge in [0.1, 0.15) is 0 Å². The van der Waals surface area contributed by atoms with Gasteiger partial charge in [-0.25, -0.2) is 0 Å². The average molecular weight is 269 g/mol. The second kappa shape index (κ2) is 5.16. The molecule has 1 saturated carbocycles. The first-order valence-electron chi connectivity index (χ1n) is 6.06. The summed E-state index contributed by atoms with van der Waals surface area (Å²) in [6.07, 6.45) is 3.48. The first kappa shape index (κ1) is 13.2. The van der Waals surface area contributed by atoms with Crippen molar-refractivity contribution in [1.82, 2.24) is 5.32 Å². The van der Waals surface area contributed by atoms with E-state index in [0.29, 0.717) is 10.6 Å². The van der Waals surface area contributed by atoms with Crippen LogP contribution >= 0.6 is 11.6 Å². The van der Waals surface area contributed by atoms with Gasteiger partial charge in [-0.2, -0.15) is 0 Å². The molecule has 98 valence electrons. The highest BCUT2D eigenvalue weighted by atomic mass is 35.5. The van der Waals surface area contributed by atoms with Crippen LogP contribution in [0.4, 0.5) is 5.69 Å². The number of nitrogens with one attached hydrogen (secondary N) is 1. The van der Waals surface area contributed by atoms with Gasteiger partial charge < -0.3 is 16.2 Å². The monoisotopic (exact) mass is 268 g/mol. The molecule has 0 radical (unpaired) electrons. The Morgan fingerprint density at radius 2 is 2.11 bits per heavy atom. The standard InChI is InChI=1S/C13H17ClN2O2/c14-10-5-3-4-9(11(10)15)12(17)16-8-13(18)6-1-2-7-13/h3-5,18H,1-2,6-8,15H2,(H,16,17). The zero-order chi connectivity index (χ0) is 13.2. The van der Waals surface area contributed by atoms with Crippen molar-refractivity contribution < 1.29 is 9.90 Å². The van der Waals surface area contributed by atoms with Gasteiger partial charge in [-0.15, -0.1) is 0 Å². The van der Waals surface area contributed by atoms with Crippen LogP contribution in [0.25, 0.3) is 0 Å². The van der Waals surface area contributed by atoms with Crippen molar-refractivity contribution in [2.24, 2.45) is 0 Å². The molecule has 2 rings (SSSR count). The Hall–Kier alpha value is -1.26. The molecule has 1 aromatic rings. The molecule has 5 heteroatoms. The van der Waals surface area contributed by atoms with Crippen molar-refractivity contribution in [2.75, 3.05) is 12.3 Å². The predicted molar refractivity (Wildman–Crippen MR) is 71.6 cm³/mol. The van der Waals surface area contributed by atoms with Gasteiger partial charge in [-0.05, 0) is 25.0 Å². The zero-order valence-electron chi connectivity index (χ0n) is 10.1. The summed E-state index contributed by atoms with van der Waals surface area (Å²) in [7, 11) is 0. The summed E-state index contributed by atoms with van der Waals surface area (Å²) in [5.74, 6) is -0.296.